The zero-order valence-electron chi connectivity index (χ0n) is 22.3. The number of nitrogens with one attached hydrogen (secondary N) is 1. The average molecular weight is 523 g/mol. The van der Waals surface area contributed by atoms with Crippen molar-refractivity contribution in [2.24, 2.45) is 0 Å². The molecule has 0 spiro atoms. The van der Waals surface area contributed by atoms with E-state index in [1.54, 1.807) is 12.3 Å². The maximum absolute atomic E-state index is 13.8. The summed E-state index contributed by atoms with van der Waals surface area (Å²) in [6.07, 6.45) is 2.73. The summed E-state index contributed by atoms with van der Waals surface area (Å²) in [5, 5.41) is 12.3. The van der Waals surface area contributed by atoms with Gasteiger partial charge in [-0.1, -0.05) is 60.7 Å². The fourth-order valence-electron chi connectivity index (χ4n) is 5.61. The van der Waals surface area contributed by atoms with E-state index < -0.39 is 5.41 Å². The fraction of sp³-hybridized carbons (Fsp3) is 0.355. The predicted molar refractivity (Wildman–Crippen MR) is 150 cm³/mol. The van der Waals surface area contributed by atoms with Crippen molar-refractivity contribution in [1.82, 2.24) is 20.1 Å². The number of urea groups is 1. The SMILES string of the molecule is C[C@H](NC(=O)C1(c2ccccc2)CCN(C(=O)N2CCN(c3ccc(C#N)cn3)CC2)CC1)c1ccccc1. The van der Waals surface area contributed by atoms with E-state index in [-0.39, 0.29) is 18.0 Å². The Morgan fingerprint density at radius 1 is 0.872 bits per heavy atom. The summed E-state index contributed by atoms with van der Waals surface area (Å²) in [7, 11) is 0. The van der Waals surface area contributed by atoms with E-state index in [2.05, 4.69) is 21.3 Å². The third-order valence-electron chi connectivity index (χ3n) is 8.05. The number of amides is 3. The predicted octanol–water partition coefficient (Wildman–Crippen LogP) is 4.11. The first-order chi connectivity index (χ1) is 19.0. The molecule has 8 nitrogen and oxygen atoms in total. The summed E-state index contributed by atoms with van der Waals surface area (Å²) in [5.74, 6) is 0.836. The smallest absolute Gasteiger partial charge is 0.320 e. The van der Waals surface area contributed by atoms with Crippen molar-refractivity contribution in [3.8, 4) is 6.07 Å². The van der Waals surface area contributed by atoms with Crippen molar-refractivity contribution in [1.29, 1.82) is 5.26 Å². The average Bonchev–Trinajstić information content (AvgIpc) is 3.01. The number of piperazine rings is 1. The molecule has 2 aliphatic heterocycles. The van der Waals surface area contributed by atoms with Crippen LogP contribution in [0.3, 0.4) is 0 Å². The fourth-order valence-corrected chi connectivity index (χ4v) is 5.61. The van der Waals surface area contributed by atoms with Crippen LogP contribution in [-0.2, 0) is 10.2 Å². The maximum Gasteiger partial charge on any atom is 0.320 e. The highest BCUT2D eigenvalue weighted by Crippen LogP contribution is 2.37. The summed E-state index contributed by atoms with van der Waals surface area (Å²) < 4.78 is 0. The first kappa shape index (κ1) is 26.2. The molecular weight excluding hydrogens is 488 g/mol. The first-order valence-electron chi connectivity index (χ1n) is 13.6. The van der Waals surface area contributed by atoms with E-state index in [4.69, 9.17) is 5.26 Å². The number of carbonyl (C=O) groups excluding carboxylic acids is 2. The minimum absolute atomic E-state index is 0.0145. The second-order valence-corrected chi connectivity index (χ2v) is 10.3. The molecule has 2 saturated heterocycles. The highest BCUT2D eigenvalue weighted by atomic mass is 16.2. The van der Waals surface area contributed by atoms with Gasteiger partial charge in [-0.2, -0.15) is 5.26 Å². The Morgan fingerprint density at radius 2 is 1.49 bits per heavy atom. The normalized spacial score (nSPS) is 17.7. The van der Waals surface area contributed by atoms with Gasteiger partial charge in [0.25, 0.3) is 0 Å². The molecule has 0 bridgehead atoms. The number of hydrogen-bond acceptors (Lipinski definition) is 5. The van der Waals surface area contributed by atoms with E-state index in [1.807, 2.05) is 83.5 Å². The molecule has 39 heavy (non-hydrogen) atoms. The van der Waals surface area contributed by atoms with Crippen LogP contribution >= 0.6 is 0 Å². The highest BCUT2D eigenvalue weighted by molar-refractivity contribution is 5.89. The van der Waals surface area contributed by atoms with Gasteiger partial charge in [0.15, 0.2) is 0 Å². The lowest BCUT2D eigenvalue weighted by Gasteiger charge is -2.44. The summed E-state index contributed by atoms with van der Waals surface area (Å²) in [5.41, 5.74) is 1.92. The third-order valence-corrected chi connectivity index (χ3v) is 8.05. The van der Waals surface area contributed by atoms with Gasteiger partial charge in [0.2, 0.25) is 5.91 Å². The van der Waals surface area contributed by atoms with E-state index >= 15 is 0 Å². The van der Waals surface area contributed by atoms with Gasteiger partial charge in [0, 0.05) is 45.5 Å². The molecule has 0 unspecified atom stereocenters. The lowest BCUT2D eigenvalue weighted by atomic mass is 9.71. The Balaban J connectivity index is 1.23. The summed E-state index contributed by atoms with van der Waals surface area (Å²) >= 11 is 0. The Bertz CT molecular complexity index is 1310. The van der Waals surface area contributed by atoms with Gasteiger partial charge in [0.05, 0.1) is 17.0 Å². The topological polar surface area (TPSA) is 92.6 Å². The first-order valence-corrected chi connectivity index (χ1v) is 13.6. The number of hydrogen-bond donors (Lipinski definition) is 1. The van der Waals surface area contributed by atoms with E-state index in [0.29, 0.717) is 57.7 Å². The van der Waals surface area contributed by atoms with Crippen LogP contribution in [0.1, 0.15) is 42.5 Å². The monoisotopic (exact) mass is 522 g/mol. The van der Waals surface area contributed by atoms with Gasteiger partial charge in [-0.25, -0.2) is 9.78 Å². The summed E-state index contributed by atoms with van der Waals surface area (Å²) in [6.45, 7) is 5.65. The van der Waals surface area contributed by atoms with Crippen molar-refractivity contribution < 1.29 is 9.59 Å². The van der Waals surface area contributed by atoms with E-state index in [1.165, 1.54) is 0 Å². The number of likely N-dealkylation sites (tertiary alicyclic amines) is 1. The van der Waals surface area contributed by atoms with Gasteiger partial charge >= 0.3 is 6.03 Å². The number of piperidine rings is 1. The van der Waals surface area contributed by atoms with Gasteiger partial charge in [0.1, 0.15) is 11.9 Å². The minimum Gasteiger partial charge on any atom is -0.353 e. The van der Waals surface area contributed by atoms with Gasteiger partial charge in [-0.3, -0.25) is 4.79 Å². The molecule has 0 aliphatic carbocycles. The van der Waals surface area contributed by atoms with Crippen LogP contribution in [0.25, 0.3) is 0 Å². The third kappa shape index (κ3) is 5.58. The lowest BCUT2D eigenvalue weighted by Crippen LogP contribution is -2.57. The molecule has 5 rings (SSSR count). The summed E-state index contributed by atoms with van der Waals surface area (Å²) in [6, 6.07) is 25.6. The molecule has 3 heterocycles. The Morgan fingerprint density at radius 3 is 2.08 bits per heavy atom. The number of anilines is 1. The molecule has 2 fully saturated rings. The van der Waals surface area contributed by atoms with Crippen LogP contribution in [0.15, 0.2) is 79.0 Å². The molecule has 3 aromatic rings. The summed E-state index contributed by atoms with van der Waals surface area (Å²) in [4.78, 5) is 37.6. The molecule has 0 radical (unpaired) electrons. The Kier molecular flexibility index (Phi) is 7.78. The van der Waals surface area contributed by atoms with Crippen molar-refractivity contribution in [2.75, 3.05) is 44.2 Å². The number of nitrogens with zero attached hydrogens (tertiary/aromatic N) is 5. The molecule has 1 aromatic heterocycles. The van der Waals surface area contributed by atoms with Crippen LogP contribution in [0, 0.1) is 11.3 Å². The Hall–Kier alpha value is -4.38. The van der Waals surface area contributed by atoms with Crippen LogP contribution in [0.2, 0.25) is 0 Å². The molecule has 2 aliphatic rings. The minimum atomic E-state index is -0.680. The number of carbonyl (C=O) groups is 2. The number of pyridine rings is 1. The van der Waals surface area contributed by atoms with Gasteiger partial charge < -0.3 is 20.0 Å². The lowest BCUT2D eigenvalue weighted by molar-refractivity contribution is -0.129. The molecular formula is C31H34N6O2. The van der Waals surface area contributed by atoms with Crippen LogP contribution in [0.4, 0.5) is 10.6 Å². The van der Waals surface area contributed by atoms with Crippen molar-refractivity contribution in [3.05, 3.63) is 95.7 Å². The second-order valence-electron chi connectivity index (χ2n) is 10.3. The number of rotatable bonds is 5. The standard InChI is InChI=1S/C31H34N6O2/c1-24(26-8-4-2-5-9-26)34-29(38)31(27-10-6-3-7-11-27)14-16-36(17-15-31)30(39)37-20-18-35(19-21-37)28-13-12-25(22-32)23-33-28/h2-13,23-24H,14-21H2,1H3,(H,34,38)/t24-/m0/s1. The van der Waals surface area contributed by atoms with Crippen LogP contribution < -0.4 is 10.2 Å². The van der Waals surface area contributed by atoms with Gasteiger partial charge in [-0.05, 0) is 43.0 Å². The van der Waals surface area contributed by atoms with Crippen molar-refractivity contribution in [2.45, 2.75) is 31.2 Å². The largest absolute Gasteiger partial charge is 0.353 e. The quantitative estimate of drug-likeness (QED) is 0.545. The van der Waals surface area contributed by atoms with Crippen LogP contribution in [-0.4, -0.2) is 66.0 Å². The van der Waals surface area contributed by atoms with Crippen LogP contribution in [0.5, 0.6) is 0 Å². The molecule has 2 aromatic carbocycles. The molecule has 200 valence electrons. The molecule has 1 N–H and O–H groups in total. The number of benzene rings is 2. The maximum atomic E-state index is 13.8. The molecule has 1 atom stereocenters. The second kappa shape index (κ2) is 11.6. The highest BCUT2D eigenvalue weighted by Gasteiger charge is 2.44. The zero-order valence-corrected chi connectivity index (χ0v) is 22.3. The number of nitriles is 1. The Labute approximate surface area is 229 Å². The molecule has 3 amide bonds. The van der Waals surface area contributed by atoms with E-state index in [9.17, 15) is 9.59 Å². The van der Waals surface area contributed by atoms with Gasteiger partial charge in [-0.15, -0.1) is 0 Å². The molecule has 8 heteroatoms. The van der Waals surface area contributed by atoms with Crippen molar-refractivity contribution in [3.63, 3.8) is 0 Å². The molecule has 0 saturated carbocycles. The number of aromatic nitrogens is 1. The zero-order chi connectivity index (χ0) is 27.2. The van der Waals surface area contributed by atoms with Crippen molar-refractivity contribution >= 4 is 17.8 Å². The van der Waals surface area contributed by atoms with E-state index in [0.717, 1.165) is 16.9 Å².